The molecule has 138 valence electrons. The van der Waals surface area contributed by atoms with Gasteiger partial charge in [0.15, 0.2) is 0 Å². The van der Waals surface area contributed by atoms with Crippen molar-refractivity contribution in [2.75, 3.05) is 6.61 Å². The topological polar surface area (TPSA) is 114 Å². The summed E-state index contributed by atoms with van der Waals surface area (Å²) in [4.78, 5) is 47.2. The maximum atomic E-state index is 12.1. The van der Waals surface area contributed by atoms with Gasteiger partial charge >= 0.3 is 5.97 Å². The predicted molar refractivity (Wildman–Crippen MR) is 88.4 cm³/mol. The molecule has 8 heteroatoms. The largest absolute Gasteiger partial charge is 0.465 e. The third-order valence-electron chi connectivity index (χ3n) is 3.44. The molecule has 24 heavy (non-hydrogen) atoms. The summed E-state index contributed by atoms with van der Waals surface area (Å²) in [5, 5.41) is 2.55. The van der Waals surface area contributed by atoms with E-state index >= 15 is 0 Å². The van der Waals surface area contributed by atoms with Gasteiger partial charge in [-0.15, -0.1) is 0 Å². The third-order valence-corrected chi connectivity index (χ3v) is 3.44. The van der Waals surface area contributed by atoms with E-state index in [9.17, 15) is 19.2 Å². The average Bonchev–Trinajstić information content (AvgIpc) is 2.51. The summed E-state index contributed by atoms with van der Waals surface area (Å²) in [7, 11) is 0. The van der Waals surface area contributed by atoms with Gasteiger partial charge in [-0.05, 0) is 27.2 Å². The summed E-state index contributed by atoms with van der Waals surface area (Å²) in [6, 6.07) is -0.736. The summed E-state index contributed by atoms with van der Waals surface area (Å²) in [6.07, 6.45) is 3.16. The predicted octanol–water partition coefficient (Wildman–Crippen LogP) is 0.808. The molecule has 0 unspecified atom stereocenters. The highest BCUT2D eigenvalue weighted by Gasteiger charge is 2.38. The Morgan fingerprint density at radius 2 is 1.67 bits per heavy atom. The number of unbranched alkanes of at least 4 members (excludes halogenated alkanes) is 2. The van der Waals surface area contributed by atoms with Gasteiger partial charge in [0, 0.05) is 6.92 Å². The number of ether oxygens (including phenoxy) is 1. The lowest BCUT2D eigenvalue weighted by molar-refractivity contribution is -0.159. The molecule has 0 saturated heterocycles. The van der Waals surface area contributed by atoms with Crippen molar-refractivity contribution < 1.29 is 23.9 Å². The Balaban J connectivity index is 4.66. The van der Waals surface area contributed by atoms with Crippen molar-refractivity contribution in [3.05, 3.63) is 0 Å². The summed E-state index contributed by atoms with van der Waals surface area (Å²) in [5.74, 6) is -2.23. The van der Waals surface area contributed by atoms with Crippen LogP contribution in [0, 0.1) is 5.41 Å². The summed E-state index contributed by atoms with van der Waals surface area (Å²) in [6.45, 7) is 7.96. The van der Waals surface area contributed by atoms with Gasteiger partial charge in [-0.25, -0.2) is 0 Å². The van der Waals surface area contributed by atoms with Gasteiger partial charge < -0.3 is 10.1 Å². The molecule has 8 nitrogen and oxygen atoms in total. The van der Waals surface area contributed by atoms with Gasteiger partial charge in [-0.3, -0.25) is 30.0 Å². The third kappa shape index (κ3) is 7.43. The molecule has 3 N–H and O–H groups in total. The molecule has 0 spiro atoms. The standard InChI is InChI=1S/C16H29N3O5/c1-6-8-9-10-12(17-11(3)20)13(21)18-19-14(22)16(4,5)15(23)24-7-2/h12H,6-10H2,1-5H3,(H,17,20)(H,18,21)(H,19,22)/t12-/m0/s1. The molecule has 0 bridgehead atoms. The number of esters is 1. The molecule has 0 heterocycles. The zero-order valence-electron chi connectivity index (χ0n) is 15.2. The van der Waals surface area contributed by atoms with E-state index in [2.05, 4.69) is 16.2 Å². The van der Waals surface area contributed by atoms with Crippen LogP contribution in [0.15, 0.2) is 0 Å². The van der Waals surface area contributed by atoms with Crippen LogP contribution in [0.4, 0.5) is 0 Å². The van der Waals surface area contributed by atoms with Crippen LogP contribution in [-0.2, 0) is 23.9 Å². The van der Waals surface area contributed by atoms with Crippen molar-refractivity contribution in [2.45, 2.75) is 66.3 Å². The van der Waals surface area contributed by atoms with E-state index in [-0.39, 0.29) is 12.5 Å². The van der Waals surface area contributed by atoms with Crippen LogP contribution in [0.1, 0.15) is 60.3 Å². The number of rotatable bonds is 9. The minimum Gasteiger partial charge on any atom is -0.465 e. The average molecular weight is 343 g/mol. The van der Waals surface area contributed by atoms with Crippen molar-refractivity contribution in [2.24, 2.45) is 5.41 Å². The molecule has 0 aromatic carbocycles. The SMILES string of the molecule is CCCCC[C@H](NC(C)=O)C(=O)NNC(=O)C(C)(C)C(=O)OCC. The van der Waals surface area contributed by atoms with Gasteiger partial charge in [0.2, 0.25) is 5.91 Å². The Bertz CT molecular complexity index is 463. The molecule has 0 aliphatic heterocycles. The Kier molecular flexibility index (Phi) is 9.68. The minimum absolute atomic E-state index is 0.157. The molecule has 3 amide bonds. The van der Waals surface area contributed by atoms with Gasteiger partial charge in [0.25, 0.3) is 11.8 Å². The fraction of sp³-hybridized carbons (Fsp3) is 0.750. The van der Waals surface area contributed by atoms with Crippen molar-refractivity contribution >= 4 is 23.7 Å². The number of hydrogen-bond acceptors (Lipinski definition) is 5. The van der Waals surface area contributed by atoms with E-state index in [4.69, 9.17) is 4.74 Å². The van der Waals surface area contributed by atoms with E-state index < -0.39 is 29.2 Å². The van der Waals surface area contributed by atoms with Crippen LogP contribution in [0.25, 0.3) is 0 Å². The fourth-order valence-electron chi connectivity index (χ4n) is 1.88. The molecule has 1 atom stereocenters. The number of hydrogen-bond donors (Lipinski definition) is 3. The molecule has 0 fully saturated rings. The van der Waals surface area contributed by atoms with Crippen molar-refractivity contribution in [1.82, 2.24) is 16.2 Å². The first-order chi connectivity index (χ1) is 11.2. The maximum Gasteiger partial charge on any atom is 0.321 e. The zero-order chi connectivity index (χ0) is 18.8. The second-order valence-corrected chi connectivity index (χ2v) is 6.04. The van der Waals surface area contributed by atoms with Gasteiger partial charge in [0.1, 0.15) is 11.5 Å². The van der Waals surface area contributed by atoms with Gasteiger partial charge in [0.05, 0.1) is 6.61 Å². The number of amides is 3. The molecule has 0 aliphatic rings. The highest BCUT2D eigenvalue weighted by molar-refractivity contribution is 6.02. The van der Waals surface area contributed by atoms with E-state index in [0.29, 0.717) is 6.42 Å². The first-order valence-electron chi connectivity index (χ1n) is 8.21. The highest BCUT2D eigenvalue weighted by Crippen LogP contribution is 2.17. The number of hydrazine groups is 1. The summed E-state index contributed by atoms with van der Waals surface area (Å²) < 4.78 is 4.83. The van der Waals surface area contributed by atoms with Crippen LogP contribution in [0.2, 0.25) is 0 Å². The Morgan fingerprint density at radius 1 is 1.04 bits per heavy atom. The van der Waals surface area contributed by atoms with E-state index in [0.717, 1.165) is 19.3 Å². The molecular weight excluding hydrogens is 314 g/mol. The maximum absolute atomic E-state index is 12.1. The fourth-order valence-corrected chi connectivity index (χ4v) is 1.88. The van der Waals surface area contributed by atoms with Gasteiger partial charge in [-0.2, -0.15) is 0 Å². The van der Waals surface area contributed by atoms with E-state index in [1.54, 1.807) is 6.92 Å². The second kappa shape index (κ2) is 10.6. The summed E-state index contributed by atoms with van der Waals surface area (Å²) >= 11 is 0. The van der Waals surface area contributed by atoms with Crippen LogP contribution in [0.3, 0.4) is 0 Å². The Labute approximate surface area is 143 Å². The Morgan fingerprint density at radius 3 is 2.17 bits per heavy atom. The normalized spacial score (nSPS) is 12.0. The van der Waals surface area contributed by atoms with Crippen LogP contribution in [-0.4, -0.2) is 36.3 Å². The zero-order valence-corrected chi connectivity index (χ0v) is 15.2. The molecule has 0 aromatic rings. The molecule has 0 rings (SSSR count). The van der Waals surface area contributed by atoms with Crippen LogP contribution in [0.5, 0.6) is 0 Å². The lowest BCUT2D eigenvalue weighted by Gasteiger charge is -2.23. The van der Waals surface area contributed by atoms with E-state index in [1.807, 2.05) is 6.92 Å². The quantitative estimate of drug-likeness (QED) is 0.248. The highest BCUT2D eigenvalue weighted by atomic mass is 16.5. The number of carbonyl (C=O) groups excluding carboxylic acids is 4. The second-order valence-electron chi connectivity index (χ2n) is 6.04. The first-order valence-corrected chi connectivity index (χ1v) is 8.21. The minimum atomic E-state index is -1.44. The summed E-state index contributed by atoms with van der Waals surface area (Å²) in [5.41, 5.74) is 3.04. The van der Waals surface area contributed by atoms with E-state index in [1.165, 1.54) is 20.8 Å². The van der Waals surface area contributed by atoms with Crippen molar-refractivity contribution in [3.8, 4) is 0 Å². The first kappa shape index (κ1) is 21.9. The molecule has 0 aliphatic carbocycles. The van der Waals surface area contributed by atoms with Crippen LogP contribution < -0.4 is 16.2 Å². The van der Waals surface area contributed by atoms with Crippen molar-refractivity contribution in [3.63, 3.8) is 0 Å². The Hall–Kier alpha value is -2.12. The number of carbonyl (C=O) groups is 4. The lowest BCUT2D eigenvalue weighted by Crippen LogP contribution is -2.55. The smallest absolute Gasteiger partial charge is 0.321 e. The monoisotopic (exact) mass is 343 g/mol. The number of nitrogens with one attached hydrogen (secondary N) is 3. The molecule has 0 saturated carbocycles. The molecule has 0 aromatic heterocycles. The molecular formula is C16H29N3O5. The van der Waals surface area contributed by atoms with Crippen molar-refractivity contribution in [1.29, 1.82) is 0 Å². The van der Waals surface area contributed by atoms with Gasteiger partial charge in [-0.1, -0.05) is 26.2 Å². The molecule has 0 radical (unpaired) electrons. The van der Waals surface area contributed by atoms with Crippen LogP contribution >= 0.6 is 0 Å². The lowest BCUT2D eigenvalue weighted by atomic mass is 9.93.